The molecule has 0 fully saturated rings. The molecular formula is C16H13IN2O. The standard InChI is InChI=1S/C16H13IN2O/c17-13-5-3-6-14(9-13)20-16-12(10-18)8-11-4-1-2-7-15(11)19-16/h3,5-6,8-9H,1-2,4,7H2. The van der Waals surface area contributed by atoms with E-state index in [0.29, 0.717) is 11.4 Å². The molecule has 20 heavy (non-hydrogen) atoms. The fourth-order valence-corrected chi connectivity index (χ4v) is 2.93. The molecule has 0 atom stereocenters. The third-order valence-electron chi connectivity index (χ3n) is 3.40. The van der Waals surface area contributed by atoms with Crippen molar-refractivity contribution in [3.05, 3.63) is 50.7 Å². The molecule has 0 spiro atoms. The van der Waals surface area contributed by atoms with Crippen molar-refractivity contribution in [3.8, 4) is 17.7 Å². The molecule has 0 saturated heterocycles. The van der Waals surface area contributed by atoms with Crippen molar-refractivity contribution in [2.24, 2.45) is 0 Å². The summed E-state index contributed by atoms with van der Waals surface area (Å²) in [4.78, 5) is 4.56. The first-order valence-electron chi connectivity index (χ1n) is 6.62. The minimum absolute atomic E-state index is 0.426. The van der Waals surface area contributed by atoms with Crippen molar-refractivity contribution < 1.29 is 4.74 Å². The van der Waals surface area contributed by atoms with E-state index in [4.69, 9.17) is 4.74 Å². The Morgan fingerprint density at radius 2 is 2.05 bits per heavy atom. The number of aryl methyl sites for hydroxylation is 2. The van der Waals surface area contributed by atoms with Crippen LogP contribution >= 0.6 is 22.6 Å². The van der Waals surface area contributed by atoms with E-state index in [-0.39, 0.29) is 0 Å². The highest BCUT2D eigenvalue weighted by Gasteiger charge is 2.16. The maximum atomic E-state index is 9.28. The Morgan fingerprint density at radius 3 is 2.85 bits per heavy atom. The van der Waals surface area contributed by atoms with E-state index in [2.05, 4.69) is 33.6 Å². The van der Waals surface area contributed by atoms with Crippen LogP contribution in [0.3, 0.4) is 0 Å². The topological polar surface area (TPSA) is 45.9 Å². The second kappa shape index (κ2) is 5.80. The number of ether oxygens (including phenoxy) is 1. The number of benzene rings is 1. The van der Waals surface area contributed by atoms with Crippen LogP contribution in [0.2, 0.25) is 0 Å². The maximum absolute atomic E-state index is 9.28. The number of nitriles is 1. The van der Waals surface area contributed by atoms with Gasteiger partial charge < -0.3 is 4.74 Å². The maximum Gasteiger partial charge on any atom is 0.237 e. The number of pyridine rings is 1. The fourth-order valence-electron chi connectivity index (χ4n) is 2.41. The average molecular weight is 376 g/mol. The number of hydrogen-bond acceptors (Lipinski definition) is 3. The van der Waals surface area contributed by atoms with Crippen LogP contribution in [-0.2, 0) is 12.8 Å². The van der Waals surface area contributed by atoms with Crippen molar-refractivity contribution >= 4 is 22.6 Å². The number of rotatable bonds is 2. The van der Waals surface area contributed by atoms with Crippen LogP contribution in [0.25, 0.3) is 0 Å². The SMILES string of the molecule is N#Cc1cc2c(nc1Oc1cccc(I)c1)CCCC2. The molecule has 4 heteroatoms. The lowest BCUT2D eigenvalue weighted by atomic mass is 9.95. The molecule has 0 aliphatic heterocycles. The van der Waals surface area contributed by atoms with E-state index in [1.165, 1.54) is 12.0 Å². The lowest BCUT2D eigenvalue weighted by Crippen LogP contribution is -2.07. The highest BCUT2D eigenvalue weighted by molar-refractivity contribution is 14.1. The summed E-state index contributed by atoms with van der Waals surface area (Å²) >= 11 is 2.24. The molecule has 1 aliphatic carbocycles. The molecule has 0 bridgehead atoms. The van der Waals surface area contributed by atoms with Gasteiger partial charge in [-0.25, -0.2) is 4.98 Å². The highest BCUT2D eigenvalue weighted by Crippen LogP contribution is 2.29. The van der Waals surface area contributed by atoms with Crippen LogP contribution < -0.4 is 4.74 Å². The Labute approximate surface area is 131 Å². The zero-order valence-electron chi connectivity index (χ0n) is 10.9. The molecule has 0 amide bonds. The van der Waals surface area contributed by atoms with Crippen LogP contribution in [-0.4, -0.2) is 4.98 Å². The summed E-state index contributed by atoms with van der Waals surface area (Å²) in [7, 11) is 0. The number of nitrogens with zero attached hydrogens (tertiary/aromatic N) is 2. The van der Waals surface area contributed by atoms with Crippen molar-refractivity contribution in [3.63, 3.8) is 0 Å². The molecule has 100 valence electrons. The molecule has 1 aromatic heterocycles. The minimum atomic E-state index is 0.426. The van der Waals surface area contributed by atoms with Crippen molar-refractivity contribution in [2.75, 3.05) is 0 Å². The van der Waals surface area contributed by atoms with Crippen molar-refractivity contribution in [1.29, 1.82) is 5.26 Å². The lowest BCUT2D eigenvalue weighted by Gasteiger charge is -2.16. The van der Waals surface area contributed by atoms with Gasteiger partial charge in [-0.05, 0) is 78.1 Å². The van der Waals surface area contributed by atoms with Crippen LogP contribution in [0.15, 0.2) is 30.3 Å². The molecule has 0 N–H and O–H groups in total. The third-order valence-corrected chi connectivity index (χ3v) is 4.07. The van der Waals surface area contributed by atoms with Gasteiger partial charge in [-0.1, -0.05) is 6.07 Å². The van der Waals surface area contributed by atoms with E-state index in [1.807, 2.05) is 30.3 Å². The first-order chi connectivity index (χ1) is 9.76. The molecule has 1 heterocycles. The van der Waals surface area contributed by atoms with Gasteiger partial charge in [-0.2, -0.15) is 5.26 Å². The highest BCUT2D eigenvalue weighted by atomic mass is 127. The second-order valence-electron chi connectivity index (χ2n) is 4.83. The summed E-state index contributed by atoms with van der Waals surface area (Å²) < 4.78 is 6.90. The molecule has 0 unspecified atom stereocenters. The summed E-state index contributed by atoms with van der Waals surface area (Å²) in [5, 5.41) is 9.28. The minimum Gasteiger partial charge on any atom is -0.438 e. The van der Waals surface area contributed by atoms with E-state index in [0.717, 1.165) is 34.3 Å². The molecular weight excluding hydrogens is 363 g/mol. The number of hydrogen-bond donors (Lipinski definition) is 0. The smallest absolute Gasteiger partial charge is 0.237 e. The molecule has 3 nitrogen and oxygen atoms in total. The molecule has 0 saturated carbocycles. The van der Waals surface area contributed by atoms with Crippen molar-refractivity contribution in [1.82, 2.24) is 4.98 Å². The van der Waals surface area contributed by atoms with Gasteiger partial charge in [-0.15, -0.1) is 0 Å². The van der Waals surface area contributed by atoms with E-state index >= 15 is 0 Å². The zero-order valence-corrected chi connectivity index (χ0v) is 13.1. The van der Waals surface area contributed by atoms with Gasteiger partial charge in [0.15, 0.2) is 0 Å². The summed E-state index contributed by atoms with van der Waals surface area (Å²) in [6, 6.07) is 11.9. The van der Waals surface area contributed by atoms with Crippen LogP contribution in [0.5, 0.6) is 11.6 Å². The van der Waals surface area contributed by atoms with Gasteiger partial charge >= 0.3 is 0 Å². The Hall–Kier alpha value is -1.61. The number of aromatic nitrogens is 1. The Morgan fingerprint density at radius 1 is 1.20 bits per heavy atom. The Balaban J connectivity index is 1.98. The quantitative estimate of drug-likeness (QED) is 0.737. The van der Waals surface area contributed by atoms with Gasteiger partial charge in [-0.3, -0.25) is 0 Å². The largest absolute Gasteiger partial charge is 0.438 e. The third kappa shape index (κ3) is 2.78. The summed E-state index contributed by atoms with van der Waals surface area (Å²) in [5.41, 5.74) is 2.79. The summed E-state index contributed by atoms with van der Waals surface area (Å²) in [5.74, 6) is 1.15. The first-order valence-corrected chi connectivity index (χ1v) is 7.70. The van der Waals surface area contributed by atoms with E-state index in [9.17, 15) is 5.26 Å². The first kappa shape index (κ1) is 13.4. The van der Waals surface area contributed by atoms with Gasteiger partial charge in [0.2, 0.25) is 5.88 Å². The van der Waals surface area contributed by atoms with Gasteiger partial charge in [0.05, 0.1) is 0 Å². The average Bonchev–Trinajstić information content (AvgIpc) is 2.46. The van der Waals surface area contributed by atoms with E-state index in [1.54, 1.807) is 0 Å². The van der Waals surface area contributed by atoms with Gasteiger partial charge in [0.25, 0.3) is 0 Å². The Bertz CT molecular complexity index is 691. The zero-order chi connectivity index (χ0) is 13.9. The predicted octanol–water partition coefficient (Wildman–Crippen LogP) is 4.23. The van der Waals surface area contributed by atoms with Gasteiger partial charge in [0.1, 0.15) is 17.4 Å². The lowest BCUT2D eigenvalue weighted by molar-refractivity contribution is 0.456. The van der Waals surface area contributed by atoms with Gasteiger partial charge in [0, 0.05) is 9.26 Å². The summed E-state index contributed by atoms with van der Waals surface area (Å²) in [6.45, 7) is 0. The number of fused-ring (bicyclic) bond motifs is 1. The van der Waals surface area contributed by atoms with Crippen LogP contribution in [0.4, 0.5) is 0 Å². The summed E-state index contributed by atoms with van der Waals surface area (Å²) in [6.07, 6.45) is 4.33. The monoisotopic (exact) mass is 376 g/mol. The number of halogens is 1. The Kier molecular flexibility index (Phi) is 3.88. The molecule has 0 radical (unpaired) electrons. The van der Waals surface area contributed by atoms with Crippen LogP contribution in [0, 0.1) is 14.9 Å². The molecule has 3 rings (SSSR count). The molecule has 1 aliphatic rings. The fraction of sp³-hybridized carbons (Fsp3) is 0.250. The normalized spacial score (nSPS) is 13.4. The molecule has 1 aromatic carbocycles. The van der Waals surface area contributed by atoms with Crippen LogP contribution in [0.1, 0.15) is 29.7 Å². The van der Waals surface area contributed by atoms with E-state index < -0.39 is 0 Å². The molecule has 2 aromatic rings. The second-order valence-corrected chi connectivity index (χ2v) is 6.07. The van der Waals surface area contributed by atoms with Crippen molar-refractivity contribution in [2.45, 2.75) is 25.7 Å². The predicted molar refractivity (Wildman–Crippen MR) is 84.8 cm³/mol.